The van der Waals surface area contributed by atoms with E-state index < -0.39 is 11.9 Å². The summed E-state index contributed by atoms with van der Waals surface area (Å²) in [5, 5.41) is 2.74. The van der Waals surface area contributed by atoms with E-state index in [2.05, 4.69) is 38.2 Å². The standard InChI is InChI=1S/C24H25NO5/c1-14-10-15(2)19(16(3)11-14)13-18-7-9-22(30-18)23(26)25-20-12-17(24(27)29-5)6-8-21(20)28-4/h6-12H,13H2,1-5H3,(H,25,26). The van der Waals surface area contributed by atoms with E-state index in [4.69, 9.17) is 13.9 Å². The van der Waals surface area contributed by atoms with Crippen molar-refractivity contribution >= 4 is 17.6 Å². The van der Waals surface area contributed by atoms with Gasteiger partial charge in [-0.1, -0.05) is 17.7 Å². The van der Waals surface area contributed by atoms with Gasteiger partial charge in [0.25, 0.3) is 5.91 Å². The highest BCUT2D eigenvalue weighted by Gasteiger charge is 2.17. The predicted molar refractivity (Wildman–Crippen MR) is 114 cm³/mol. The first-order valence-corrected chi connectivity index (χ1v) is 9.55. The van der Waals surface area contributed by atoms with Crippen LogP contribution in [0.15, 0.2) is 46.9 Å². The van der Waals surface area contributed by atoms with Gasteiger partial charge in [0.2, 0.25) is 0 Å². The monoisotopic (exact) mass is 407 g/mol. The zero-order valence-electron chi connectivity index (χ0n) is 17.8. The first-order valence-electron chi connectivity index (χ1n) is 9.55. The van der Waals surface area contributed by atoms with Gasteiger partial charge in [-0.2, -0.15) is 0 Å². The number of benzene rings is 2. The average Bonchev–Trinajstić information content (AvgIpc) is 3.19. The molecule has 0 unspecified atom stereocenters. The Labute approximate surface area is 175 Å². The van der Waals surface area contributed by atoms with Gasteiger partial charge < -0.3 is 19.2 Å². The van der Waals surface area contributed by atoms with Gasteiger partial charge in [0.1, 0.15) is 11.5 Å². The summed E-state index contributed by atoms with van der Waals surface area (Å²) in [5.74, 6) is 0.369. The fourth-order valence-corrected chi connectivity index (χ4v) is 3.49. The second-order valence-electron chi connectivity index (χ2n) is 7.18. The third-order valence-electron chi connectivity index (χ3n) is 4.95. The molecule has 0 saturated heterocycles. The van der Waals surface area contributed by atoms with Crippen LogP contribution >= 0.6 is 0 Å². The van der Waals surface area contributed by atoms with Crippen LogP contribution in [0.25, 0.3) is 0 Å². The lowest BCUT2D eigenvalue weighted by molar-refractivity contribution is 0.0600. The molecule has 0 bridgehead atoms. The number of amides is 1. The first kappa shape index (κ1) is 21.2. The molecule has 0 fully saturated rings. The SMILES string of the molecule is COC(=O)c1ccc(OC)c(NC(=O)c2ccc(Cc3c(C)cc(C)cc3C)o2)c1. The Morgan fingerprint density at radius 2 is 1.67 bits per heavy atom. The third-order valence-corrected chi connectivity index (χ3v) is 4.95. The molecule has 0 aliphatic carbocycles. The number of hydrogen-bond donors (Lipinski definition) is 1. The number of esters is 1. The van der Waals surface area contributed by atoms with E-state index in [0.717, 1.165) is 0 Å². The Kier molecular flexibility index (Phi) is 6.26. The second kappa shape index (κ2) is 8.86. The minimum Gasteiger partial charge on any atom is -0.495 e. The summed E-state index contributed by atoms with van der Waals surface area (Å²) in [4.78, 5) is 24.5. The number of anilines is 1. The van der Waals surface area contributed by atoms with Crippen molar-refractivity contribution in [3.63, 3.8) is 0 Å². The van der Waals surface area contributed by atoms with Gasteiger partial charge in [0.05, 0.1) is 25.5 Å². The molecule has 1 aromatic heterocycles. The molecule has 156 valence electrons. The zero-order valence-corrected chi connectivity index (χ0v) is 17.8. The molecule has 0 atom stereocenters. The Morgan fingerprint density at radius 1 is 0.967 bits per heavy atom. The summed E-state index contributed by atoms with van der Waals surface area (Å²) >= 11 is 0. The van der Waals surface area contributed by atoms with Crippen LogP contribution in [0.5, 0.6) is 5.75 Å². The summed E-state index contributed by atoms with van der Waals surface area (Å²) < 4.78 is 15.8. The van der Waals surface area contributed by atoms with Crippen molar-refractivity contribution in [2.24, 2.45) is 0 Å². The smallest absolute Gasteiger partial charge is 0.337 e. The molecule has 0 spiro atoms. The Morgan fingerprint density at radius 3 is 2.30 bits per heavy atom. The van der Waals surface area contributed by atoms with Crippen LogP contribution in [0.3, 0.4) is 0 Å². The summed E-state index contributed by atoms with van der Waals surface area (Å²) in [7, 11) is 2.78. The molecule has 0 radical (unpaired) electrons. The van der Waals surface area contributed by atoms with Crippen LogP contribution in [0.4, 0.5) is 5.69 Å². The molecule has 0 aliphatic heterocycles. The molecule has 0 saturated carbocycles. The number of carbonyl (C=O) groups is 2. The number of rotatable bonds is 6. The van der Waals surface area contributed by atoms with Crippen molar-refractivity contribution in [2.45, 2.75) is 27.2 Å². The van der Waals surface area contributed by atoms with Crippen LogP contribution < -0.4 is 10.1 Å². The lowest BCUT2D eigenvalue weighted by Crippen LogP contribution is -2.13. The predicted octanol–water partition coefficient (Wildman–Crippen LogP) is 4.84. The second-order valence-corrected chi connectivity index (χ2v) is 7.18. The van der Waals surface area contributed by atoms with Crippen molar-refractivity contribution in [1.82, 2.24) is 0 Å². The van der Waals surface area contributed by atoms with E-state index in [0.29, 0.717) is 29.2 Å². The quantitative estimate of drug-likeness (QED) is 0.592. The number of nitrogens with one attached hydrogen (secondary N) is 1. The van der Waals surface area contributed by atoms with E-state index >= 15 is 0 Å². The summed E-state index contributed by atoms with van der Waals surface area (Å²) in [6.45, 7) is 6.22. The van der Waals surface area contributed by atoms with E-state index in [1.165, 1.54) is 42.5 Å². The molecule has 1 heterocycles. The molecule has 6 nitrogen and oxygen atoms in total. The average molecular weight is 407 g/mol. The van der Waals surface area contributed by atoms with Crippen molar-refractivity contribution in [2.75, 3.05) is 19.5 Å². The molecule has 1 amide bonds. The maximum atomic E-state index is 12.7. The molecule has 2 aromatic carbocycles. The lowest BCUT2D eigenvalue weighted by Gasteiger charge is -2.11. The van der Waals surface area contributed by atoms with Crippen LogP contribution in [0.1, 0.15) is 48.9 Å². The number of carbonyl (C=O) groups excluding carboxylic acids is 2. The third kappa shape index (κ3) is 4.54. The first-order chi connectivity index (χ1) is 14.3. The topological polar surface area (TPSA) is 77.8 Å². The van der Waals surface area contributed by atoms with Crippen molar-refractivity contribution in [3.05, 3.63) is 81.8 Å². The van der Waals surface area contributed by atoms with Crippen LogP contribution in [-0.2, 0) is 11.2 Å². The van der Waals surface area contributed by atoms with Crippen LogP contribution in [-0.4, -0.2) is 26.1 Å². The highest BCUT2D eigenvalue weighted by Crippen LogP contribution is 2.27. The largest absolute Gasteiger partial charge is 0.495 e. The molecule has 6 heteroatoms. The normalized spacial score (nSPS) is 10.6. The fourth-order valence-electron chi connectivity index (χ4n) is 3.49. The van der Waals surface area contributed by atoms with Gasteiger partial charge in [-0.15, -0.1) is 0 Å². The van der Waals surface area contributed by atoms with Gasteiger partial charge in [-0.25, -0.2) is 4.79 Å². The molecule has 3 aromatic rings. The van der Waals surface area contributed by atoms with E-state index in [1.807, 2.05) is 0 Å². The van der Waals surface area contributed by atoms with Crippen molar-refractivity contribution < 1.29 is 23.5 Å². The van der Waals surface area contributed by atoms with Gasteiger partial charge in [-0.05, 0) is 67.8 Å². The molecule has 1 N–H and O–H groups in total. The highest BCUT2D eigenvalue weighted by atomic mass is 16.5. The Hall–Kier alpha value is -3.54. The highest BCUT2D eigenvalue weighted by molar-refractivity contribution is 6.04. The van der Waals surface area contributed by atoms with Gasteiger partial charge in [0, 0.05) is 6.42 Å². The molecular weight excluding hydrogens is 382 g/mol. The minimum atomic E-state index is -0.503. The maximum absolute atomic E-state index is 12.7. The Bertz CT molecular complexity index is 1070. The number of furan rings is 1. The van der Waals surface area contributed by atoms with Gasteiger partial charge in [0.15, 0.2) is 5.76 Å². The molecule has 3 rings (SSSR count). The van der Waals surface area contributed by atoms with Crippen molar-refractivity contribution in [3.8, 4) is 5.75 Å². The molecular formula is C24H25NO5. The van der Waals surface area contributed by atoms with Crippen LogP contribution in [0.2, 0.25) is 0 Å². The zero-order chi connectivity index (χ0) is 21.8. The summed E-state index contributed by atoms with van der Waals surface area (Å²) in [5.41, 5.74) is 5.46. The number of methoxy groups -OCH3 is 2. The maximum Gasteiger partial charge on any atom is 0.337 e. The van der Waals surface area contributed by atoms with Gasteiger partial charge >= 0.3 is 5.97 Å². The Balaban J connectivity index is 1.80. The number of hydrogen-bond acceptors (Lipinski definition) is 5. The summed E-state index contributed by atoms with van der Waals surface area (Å²) in [6, 6.07) is 12.4. The van der Waals surface area contributed by atoms with Crippen molar-refractivity contribution in [1.29, 1.82) is 0 Å². The number of ether oxygens (including phenoxy) is 2. The van der Waals surface area contributed by atoms with E-state index in [-0.39, 0.29) is 5.76 Å². The van der Waals surface area contributed by atoms with E-state index in [9.17, 15) is 9.59 Å². The van der Waals surface area contributed by atoms with E-state index in [1.54, 1.807) is 24.3 Å². The summed E-state index contributed by atoms with van der Waals surface area (Å²) in [6.07, 6.45) is 0.604. The minimum absolute atomic E-state index is 0.179. The molecule has 0 aliphatic rings. The lowest BCUT2D eigenvalue weighted by atomic mass is 9.97. The number of aryl methyl sites for hydroxylation is 3. The fraction of sp³-hybridized carbons (Fsp3) is 0.250. The van der Waals surface area contributed by atoms with Gasteiger partial charge in [-0.3, -0.25) is 4.79 Å². The van der Waals surface area contributed by atoms with Crippen LogP contribution in [0, 0.1) is 20.8 Å². The molecule has 30 heavy (non-hydrogen) atoms.